The van der Waals surface area contributed by atoms with Crippen LogP contribution >= 0.6 is 11.3 Å². The summed E-state index contributed by atoms with van der Waals surface area (Å²) in [7, 11) is 5.15. The van der Waals surface area contributed by atoms with Gasteiger partial charge in [-0.25, -0.2) is 4.98 Å². The minimum atomic E-state index is -0.605. The van der Waals surface area contributed by atoms with Crippen molar-refractivity contribution in [1.82, 2.24) is 15.2 Å². The van der Waals surface area contributed by atoms with Crippen molar-refractivity contribution in [3.63, 3.8) is 0 Å². The number of nitrogens with two attached hydrogens (primary N) is 1. The maximum atomic E-state index is 12.1. The first-order valence-corrected chi connectivity index (χ1v) is 7.09. The first kappa shape index (κ1) is 16.2. The molecular formula is C12H21N5O2S. The van der Waals surface area contributed by atoms with Crippen molar-refractivity contribution in [3.8, 4) is 0 Å². The van der Waals surface area contributed by atoms with Gasteiger partial charge in [0, 0.05) is 27.7 Å². The van der Waals surface area contributed by atoms with Crippen molar-refractivity contribution < 1.29 is 9.59 Å². The molecule has 7 nitrogen and oxygen atoms in total. The van der Waals surface area contributed by atoms with Crippen molar-refractivity contribution in [3.05, 3.63) is 4.88 Å². The molecule has 1 atom stereocenters. The maximum Gasteiger partial charge on any atom is 0.265 e. The highest BCUT2D eigenvalue weighted by atomic mass is 32.1. The second kappa shape index (κ2) is 6.56. The highest BCUT2D eigenvalue weighted by Gasteiger charge is 2.22. The lowest BCUT2D eigenvalue weighted by molar-refractivity contribution is -0.130. The van der Waals surface area contributed by atoms with Crippen LogP contribution in [0.5, 0.6) is 0 Å². The molecule has 1 aromatic rings. The molecule has 20 heavy (non-hydrogen) atoms. The molecule has 0 saturated heterocycles. The Morgan fingerprint density at radius 1 is 1.40 bits per heavy atom. The monoisotopic (exact) mass is 299 g/mol. The normalized spacial score (nSPS) is 11.8. The summed E-state index contributed by atoms with van der Waals surface area (Å²) in [6.07, 6.45) is 0. The predicted molar refractivity (Wildman–Crippen MR) is 81.1 cm³/mol. The van der Waals surface area contributed by atoms with Gasteiger partial charge in [-0.2, -0.15) is 0 Å². The van der Waals surface area contributed by atoms with Crippen molar-refractivity contribution in [2.45, 2.75) is 19.9 Å². The van der Waals surface area contributed by atoms with E-state index in [2.05, 4.69) is 10.3 Å². The third kappa shape index (κ3) is 3.60. The lowest BCUT2D eigenvalue weighted by Gasteiger charge is -2.17. The first-order valence-electron chi connectivity index (χ1n) is 6.27. The zero-order valence-corrected chi connectivity index (χ0v) is 13.2. The molecule has 0 spiro atoms. The number of amides is 2. The van der Waals surface area contributed by atoms with Gasteiger partial charge >= 0.3 is 0 Å². The topological polar surface area (TPSA) is 91.6 Å². The van der Waals surface area contributed by atoms with E-state index in [4.69, 9.17) is 5.73 Å². The zero-order valence-electron chi connectivity index (χ0n) is 12.4. The molecule has 0 radical (unpaired) electrons. The van der Waals surface area contributed by atoms with Gasteiger partial charge in [-0.05, 0) is 13.8 Å². The predicted octanol–water partition coefficient (Wildman–Crippen LogP) is 0.388. The fraction of sp³-hybridized carbons (Fsp3) is 0.583. The van der Waals surface area contributed by atoms with Gasteiger partial charge in [-0.1, -0.05) is 11.3 Å². The highest BCUT2D eigenvalue weighted by molar-refractivity contribution is 7.18. The second-order valence-corrected chi connectivity index (χ2v) is 5.63. The summed E-state index contributed by atoms with van der Waals surface area (Å²) in [5, 5.41) is 3.31. The minimum Gasteiger partial charge on any atom is -0.382 e. The second-order valence-electron chi connectivity index (χ2n) is 4.65. The molecule has 0 aliphatic heterocycles. The van der Waals surface area contributed by atoms with Crippen molar-refractivity contribution in [1.29, 1.82) is 0 Å². The number of carbonyl (C=O) groups excluding carboxylic acids is 2. The van der Waals surface area contributed by atoms with Crippen LogP contribution in [0.15, 0.2) is 0 Å². The van der Waals surface area contributed by atoms with Gasteiger partial charge < -0.3 is 20.9 Å². The summed E-state index contributed by atoms with van der Waals surface area (Å²) in [6, 6.07) is -0.605. The number of anilines is 2. The molecule has 0 fully saturated rings. The van der Waals surface area contributed by atoms with Crippen LogP contribution in [0.2, 0.25) is 0 Å². The quantitative estimate of drug-likeness (QED) is 0.820. The molecule has 1 rings (SSSR count). The Bertz CT molecular complexity index is 500. The maximum absolute atomic E-state index is 12.1. The van der Waals surface area contributed by atoms with Gasteiger partial charge in [0.1, 0.15) is 16.7 Å². The van der Waals surface area contributed by atoms with E-state index >= 15 is 0 Å². The van der Waals surface area contributed by atoms with Crippen LogP contribution in [0.25, 0.3) is 0 Å². The molecule has 8 heteroatoms. The van der Waals surface area contributed by atoms with Gasteiger partial charge in [0.2, 0.25) is 5.91 Å². The van der Waals surface area contributed by atoms with Gasteiger partial charge in [0.25, 0.3) is 5.91 Å². The number of hydrogen-bond donors (Lipinski definition) is 2. The van der Waals surface area contributed by atoms with E-state index in [9.17, 15) is 9.59 Å². The largest absolute Gasteiger partial charge is 0.382 e. The van der Waals surface area contributed by atoms with Crippen LogP contribution in [0.3, 0.4) is 0 Å². The highest BCUT2D eigenvalue weighted by Crippen LogP contribution is 2.27. The number of nitrogens with zero attached hydrogens (tertiary/aromatic N) is 3. The van der Waals surface area contributed by atoms with Crippen LogP contribution in [-0.4, -0.2) is 55.4 Å². The van der Waals surface area contributed by atoms with Crippen molar-refractivity contribution in [2.24, 2.45) is 0 Å². The lowest BCUT2D eigenvalue weighted by atomic mass is 10.3. The summed E-state index contributed by atoms with van der Waals surface area (Å²) < 4.78 is 0. The first-order chi connectivity index (χ1) is 9.27. The van der Waals surface area contributed by atoms with Crippen molar-refractivity contribution >= 4 is 34.1 Å². The Morgan fingerprint density at radius 3 is 2.50 bits per heavy atom. The van der Waals surface area contributed by atoms with E-state index in [0.717, 1.165) is 6.54 Å². The molecule has 2 amide bonds. The summed E-state index contributed by atoms with van der Waals surface area (Å²) in [6.45, 7) is 4.38. The summed E-state index contributed by atoms with van der Waals surface area (Å²) >= 11 is 1.22. The van der Waals surface area contributed by atoms with Gasteiger partial charge in [0.15, 0.2) is 5.13 Å². The summed E-state index contributed by atoms with van der Waals surface area (Å²) in [5.74, 6) is -0.363. The Morgan fingerprint density at radius 2 is 2.00 bits per heavy atom. The van der Waals surface area contributed by atoms with E-state index < -0.39 is 6.04 Å². The molecule has 1 heterocycles. The fourth-order valence-corrected chi connectivity index (χ4v) is 2.41. The van der Waals surface area contributed by atoms with Crippen molar-refractivity contribution in [2.75, 3.05) is 38.3 Å². The van der Waals surface area contributed by atoms with E-state index in [1.165, 1.54) is 16.2 Å². The van der Waals surface area contributed by atoms with Crippen LogP contribution in [0.1, 0.15) is 23.5 Å². The van der Waals surface area contributed by atoms with Gasteiger partial charge in [-0.3, -0.25) is 9.59 Å². The third-order valence-electron chi connectivity index (χ3n) is 2.81. The molecule has 0 aromatic carbocycles. The van der Waals surface area contributed by atoms with Crippen LogP contribution in [-0.2, 0) is 4.79 Å². The standard InChI is InChI=1S/C12H21N5O2S/c1-6-17(5)12-15-9(13)8(20-12)10(18)14-7(2)11(19)16(3)4/h7H,6,13H2,1-5H3,(H,14,18). The smallest absolute Gasteiger partial charge is 0.265 e. The third-order valence-corrected chi connectivity index (χ3v) is 3.99. The lowest BCUT2D eigenvalue weighted by Crippen LogP contribution is -2.44. The van der Waals surface area contributed by atoms with Gasteiger partial charge in [-0.15, -0.1) is 0 Å². The fourth-order valence-electron chi connectivity index (χ4n) is 1.49. The molecule has 112 valence electrons. The number of nitrogen functional groups attached to an aromatic ring is 1. The van der Waals surface area contributed by atoms with E-state index in [1.807, 2.05) is 18.9 Å². The summed E-state index contributed by atoms with van der Waals surface area (Å²) in [4.78, 5) is 31.6. The average molecular weight is 299 g/mol. The Hall–Kier alpha value is -1.83. The molecular weight excluding hydrogens is 278 g/mol. The molecule has 0 bridgehead atoms. The minimum absolute atomic E-state index is 0.174. The van der Waals surface area contributed by atoms with Crippen LogP contribution in [0, 0.1) is 0 Å². The number of likely N-dealkylation sites (N-methyl/N-ethyl adjacent to an activating group) is 1. The Kier molecular flexibility index (Phi) is 5.32. The number of nitrogens with one attached hydrogen (secondary N) is 1. The Balaban J connectivity index is 2.83. The van der Waals surface area contributed by atoms with E-state index in [1.54, 1.807) is 21.0 Å². The molecule has 0 aliphatic carbocycles. The molecule has 1 unspecified atom stereocenters. The average Bonchev–Trinajstić information content (AvgIpc) is 2.78. The zero-order chi connectivity index (χ0) is 15.4. The van der Waals surface area contributed by atoms with E-state index in [-0.39, 0.29) is 17.6 Å². The van der Waals surface area contributed by atoms with E-state index in [0.29, 0.717) is 10.0 Å². The number of aromatic nitrogens is 1. The Labute approximate surface area is 122 Å². The van der Waals surface area contributed by atoms with Gasteiger partial charge in [0.05, 0.1) is 0 Å². The molecule has 3 N–H and O–H groups in total. The number of carbonyl (C=O) groups is 2. The van der Waals surface area contributed by atoms with Crippen LogP contribution in [0.4, 0.5) is 10.9 Å². The number of thiazole rings is 1. The van der Waals surface area contributed by atoms with Crippen LogP contribution < -0.4 is 16.0 Å². The molecule has 1 aromatic heterocycles. The molecule has 0 saturated carbocycles. The summed E-state index contributed by atoms with van der Waals surface area (Å²) in [5.41, 5.74) is 5.76. The SMILES string of the molecule is CCN(C)c1nc(N)c(C(=O)NC(C)C(=O)N(C)C)s1. The molecule has 0 aliphatic rings. The number of rotatable bonds is 5. The number of hydrogen-bond acceptors (Lipinski definition) is 6.